The van der Waals surface area contributed by atoms with Crippen LogP contribution in [0.1, 0.15) is 30.5 Å². The molecule has 1 heterocycles. The number of hydrogen-bond acceptors (Lipinski definition) is 3. The number of rotatable bonds is 4. The molecule has 0 amide bonds. The Morgan fingerprint density at radius 1 is 0.697 bits per heavy atom. The molecule has 12 heteroatoms. The van der Waals surface area contributed by atoms with Crippen LogP contribution in [0.4, 0.5) is 39.5 Å². The van der Waals surface area contributed by atoms with Crippen LogP contribution in [0, 0.1) is 30.2 Å². The van der Waals surface area contributed by atoms with Crippen LogP contribution in [-0.2, 0) is 12.3 Å². The van der Waals surface area contributed by atoms with Crippen molar-refractivity contribution in [2.45, 2.75) is 33.1 Å². The van der Waals surface area contributed by atoms with Crippen molar-refractivity contribution in [2.75, 3.05) is 0 Å². The quantitative estimate of drug-likeness (QED) is 0.370. The second-order valence-electron chi connectivity index (χ2n) is 6.28. The van der Waals surface area contributed by atoms with Crippen molar-refractivity contribution in [3.05, 3.63) is 76.6 Å². The summed E-state index contributed by atoms with van der Waals surface area (Å²) in [6.07, 6.45) is -7.64. The monoisotopic (exact) mass is 482 g/mol. The lowest BCUT2D eigenvalue weighted by molar-refractivity contribution is -0.189. The van der Waals surface area contributed by atoms with Gasteiger partial charge in [0.1, 0.15) is 40.1 Å². The number of nitrogens with zero attached hydrogens (tertiary/aromatic N) is 2. The summed E-state index contributed by atoms with van der Waals surface area (Å²) < 4.78 is 126. The normalized spacial score (nSPS) is 11.6. The number of aromatic nitrogens is 2. The molecule has 0 spiro atoms. The third-order valence-corrected chi connectivity index (χ3v) is 3.92. The van der Waals surface area contributed by atoms with Crippen LogP contribution in [0.2, 0.25) is 0 Å². The average molecular weight is 482 g/mol. The zero-order valence-corrected chi connectivity index (χ0v) is 17.2. The fraction of sp³-hybridized carbons (Fsp3) is 0.238. The van der Waals surface area contributed by atoms with E-state index in [0.29, 0.717) is 17.7 Å². The second kappa shape index (κ2) is 9.67. The third kappa shape index (κ3) is 5.74. The standard InChI is InChI=1S/C19H9F9N2O.C2H6/c1-8-6-29-17(30-7-8)9-2-11(20)16(12(21)3-9)19(27,28)31-10-4-13(22)15(14(23)5-10)18(24,25)26;1-2/h2-7H,1H3;1-2H3. The highest BCUT2D eigenvalue weighted by Crippen LogP contribution is 2.39. The molecule has 0 aliphatic heterocycles. The lowest BCUT2D eigenvalue weighted by Crippen LogP contribution is -2.25. The van der Waals surface area contributed by atoms with Gasteiger partial charge in [-0.1, -0.05) is 13.8 Å². The van der Waals surface area contributed by atoms with E-state index in [0.717, 1.165) is 0 Å². The molecule has 0 fully saturated rings. The van der Waals surface area contributed by atoms with Gasteiger partial charge in [-0.3, -0.25) is 0 Å². The largest absolute Gasteiger partial charge is 0.432 e. The summed E-state index contributed by atoms with van der Waals surface area (Å²) in [5, 5.41) is 0. The van der Waals surface area contributed by atoms with E-state index in [1.54, 1.807) is 6.92 Å². The van der Waals surface area contributed by atoms with Crippen molar-refractivity contribution >= 4 is 0 Å². The van der Waals surface area contributed by atoms with Crippen LogP contribution in [0.3, 0.4) is 0 Å². The van der Waals surface area contributed by atoms with Gasteiger partial charge in [0.2, 0.25) is 0 Å². The Morgan fingerprint density at radius 3 is 1.55 bits per heavy atom. The molecule has 2 aromatic carbocycles. The minimum Gasteiger partial charge on any atom is -0.429 e. The van der Waals surface area contributed by atoms with Crippen LogP contribution >= 0.6 is 0 Å². The van der Waals surface area contributed by atoms with Gasteiger partial charge in [0.15, 0.2) is 5.82 Å². The summed E-state index contributed by atoms with van der Waals surface area (Å²) in [6, 6.07) is 0.608. The molecule has 33 heavy (non-hydrogen) atoms. The van der Waals surface area contributed by atoms with Crippen molar-refractivity contribution in [3.8, 4) is 17.1 Å². The van der Waals surface area contributed by atoms with E-state index in [4.69, 9.17) is 0 Å². The minimum absolute atomic E-state index is 0.175. The zero-order valence-electron chi connectivity index (χ0n) is 17.2. The molecule has 0 bridgehead atoms. The van der Waals surface area contributed by atoms with E-state index in [2.05, 4.69) is 14.7 Å². The topological polar surface area (TPSA) is 35.0 Å². The summed E-state index contributed by atoms with van der Waals surface area (Å²) in [5.74, 6) is -9.70. The lowest BCUT2D eigenvalue weighted by atomic mass is 10.1. The van der Waals surface area contributed by atoms with E-state index in [1.165, 1.54) is 12.4 Å². The van der Waals surface area contributed by atoms with E-state index in [9.17, 15) is 39.5 Å². The average Bonchev–Trinajstić information content (AvgIpc) is 2.67. The molecule has 0 saturated heterocycles. The highest BCUT2D eigenvalue weighted by molar-refractivity contribution is 5.56. The Labute approximate surface area is 181 Å². The molecule has 3 nitrogen and oxygen atoms in total. The number of alkyl halides is 5. The first-order chi connectivity index (χ1) is 15.3. The first-order valence-corrected chi connectivity index (χ1v) is 9.21. The summed E-state index contributed by atoms with van der Waals surface area (Å²) in [6.45, 7) is 5.64. The minimum atomic E-state index is -5.44. The maximum absolute atomic E-state index is 14.3. The molecule has 3 aromatic rings. The predicted octanol–water partition coefficient (Wildman–Crippen LogP) is 7.18. The van der Waals surface area contributed by atoms with E-state index >= 15 is 0 Å². The Morgan fingerprint density at radius 2 is 1.12 bits per heavy atom. The van der Waals surface area contributed by atoms with Crippen molar-refractivity contribution in [1.82, 2.24) is 9.97 Å². The highest BCUT2D eigenvalue weighted by Gasteiger charge is 2.43. The molecule has 0 N–H and O–H groups in total. The molecule has 0 unspecified atom stereocenters. The lowest BCUT2D eigenvalue weighted by Gasteiger charge is -2.20. The number of halogens is 9. The molecule has 178 valence electrons. The zero-order chi connectivity index (χ0) is 25.1. The molecule has 0 aliphatic carbocycles. The van der Waals surface area contributed by atoms with Crippen molar-refractivity contribution in [3.63, 3.8) is 0 Å². The van der Waals surface area contributed by atoms with Crippen LogP contribution in [0.25, 0.3) is 11.4 Å². The predicted molar refractivity (Wildman–Crippen MR) is 99.4 cm³/mol. The number of hydrogen-bond donors (Lipinski definition) is 0. The molecule has 0 radical (unpaired) electrons. The molecule has 0 aliphatic rings. The van der Waals surface area contributed by atoms with Gasteiger partial charge in [0.05, 0.1) is 0 Å². The molecular formula is C21H15F9N2O. The van der Waals surface area contributed by atoms with Crippen molar-refractivity contribution < 1.29 is 44.3 Å². The van der Waals surface area contributed by atoms with E-state index in [1.807, 2.05) is 13.8 Å². The van der Waals surface area contributed by atoms with Crippen LogP contribution in [0.15, 0.2) is 36.7 Å². The molecular weight excluding hydrogens is 467 g/mol. The van der Waals surface area contributed by atoms with Gasteiger partial charge in [-0.25, -0.2) is 27.5 Å². The van der Waals surface area contributed by atoms with Crippen LogP contribution < -0.4 is 4.74 Å². The molecule has 0 saturated carbocycles. The first kappa shape index (κ1) is 25.9. The molecule has 0 atom stereocenters. The van der Waals surface area contributed by atoms with Gasteiger partial charge < -0.3 is 4.74 Å². The summed E-state index contributed by atoms with van der Waals surface area (Å²) in [5.41, 5.74) is -3.93. The van der Waals surface area contributed by atoms with E-state index < -0.39 is 52.4 Å². The molecule has 1 aromatic heterocycles. The Kier molecular flexibility index (Phi) is 7.60. The van der Waals surface area contributed by atoms with Gasteiger partial charge in [-0.2, -0.15) is 22.0 Å². The molecule has 3 rings (SSSR count). The van der Waals surface area contributed by atoms with Gasteiger partial charge >= 0.3 is 12.3 Å². The third-order valence-electron chi connectivity index (χ3n) is 3.92. The maximum Gasteiger partial charge on any atom is 0.432 e. The Balaban J connectivity index is 0.00000187. The summed E-state index contributed by atoms with van der Waals surface area (Å²) >= 11 is 0. The number of ether oxygens (including phenoxy) is 1. The number of benzene rings is 2. The van der Waals surface area contributed by atoms with Crippen LogP contribution in [-0.4, -0.2) is 9.97 Å². The van der Waals surface area contributed by atoms with Gasteiger partial charge in [0.25, 0.3) is 0 Å². The SMILES string of the molecule is CC.Cc1cnc(-c2cc(F)c(C(F)(F)Oc3cc(F)c(C(F)(F)F)c(F)c3)c(F)c2)nc1. The van der Waals surface area contributed by atoms with Gasteiger partial charge in [0, 0.05) is 30.1 Å². The second-order valence-corrected chi connectivity index (χ2v) is 6.28. The first-order valence-electron chi connectivity index (χ1n) is 9.21. The smallest absolute Gasteiger partial charge is 0.429 e. The Hall–Kier alpha value is -3.31. The van der Waals surface area contributed by atoms with Gasteiger partial charge in [-0.05, 0) is 24.6 Å². The summed E-state index contributed by atoms with van der Waals surface area (Å²) in [4.78, 5) is 7.60. The maximum atomic E-state index is 14.3. The van der Waals surface area contributed by atoms with Gasteiger partial charge in [-0.15, -0.1) is 0 Å². The van der Waals surface area contributed by atoms with Crippen molar-refractivity contribution in [2.24, 2.45) is 0 Å². The van der Waals surface area contributed by atoms with E-state index in [-0.39, 0.29) is 23.5 Å². The highest BCUT2D eigenvalue weighted by atomic mass is 19.4. The van der Waals surface area contributed by atoms with Crippen LogP contribution in [0.5, 0.6) is 5.75 Å². The fourth-order valence-electron chi connectivity index (χ4n) is 2.60. The number of aryl methyl sites for hydroxylation is 1. The fourth-order valence-corrected chi connectivity index (χ4v) is 2.60. The Bertz CT molecular complexity index is 1080. The summed E-state index contributed by atoms with van der Waals surface area (Å²) in [7, 11) is 0. The van der Waals surface area contributed by atoms with Crippen molar-refractivity contribution in [1.29, 1.82) is 0 Å².